The Labute approximate surface area is 125 Å². The number of nitrogens with zero attached hydrogens (tertiary/aromatic N) is 4. The minimum absolute atomic E-state index is 0.356. The van der Waals surface area contributed by atoms with Gasteiger partial charge in [-0.25, -0.2) is 17.7 Å². The van der Waals surface area contributed by atoms with Gasteiger partial charge in [0.2, 0.25) is 21.9 Å². The number of hydrogen-bond donors (Lipinski definition) is 0. The van der Waals surface area contributed by atoms with E-state index in [4.69, 9.17) is 4.74 Å². The van der Waals surface area contributed by atoms with Crippen molar-refractivity contribution < 1.29 is 13.2 Å². The molecule has 3 rings (SSSR count). The molecule has 0 aliphatic carbocycles. The first kappa shape index (κ1) is 14.5. The molecule has 1 aromatic heterocycles. The van der Waals surface area contributed by atoms with Crippen LogP contribution >= 0.6 is 0 Å². The van der Waals surface area contributed by atoms with Crippen LogP contribution < -0.4 is 9.64 Å². The van der Waals surface area contributed by atoms with E-state index in [1.807, 2.05) is 4.90 Å². The second-order valence-electron chi connectivity index (χ2n) is 5.41. The van der Waals surface area contributed by atoms with Gasteiger partial charge in [-0.3, -0.25) is 0 Å². The third-order valence-electron chi connectivity index (χ3n) is 4.10. The molecule has 1 unspecified atom stereocenters. The molecule has 8 heteroatoms. The molecule has 2 aliphatic rings. The van der Waals surface area contributed by atoms with Crippen LogP contribution in [0, 0.1) is 0 Å². The molecule has 0 N–H and O–H groups in total. The number of methoxy groups -OCH3 is 1. The second-order valence-corrected chi connectivity index (χ2v) is 7.62. The summed E-state index contributed by atoms with van der Waals surface area (Å²) in [6.45, 7) is 2.43. The van der Waals surface area contributed by atoms with Gasteiger partial charge in [0.15, 0.2) is 0 Å². The van der Waals surface area contributed by atoms with Crippen LogP contribution in [0.5, 0.6) is 5.88 Å². The maximum Gasteiger partial charge on any atom is 0.228 e. The van der Waals surface area contributed by atoms with Crippen molar-refractivity contribution in [3.8, 4) is 5.88 Å². The number of ether oxygens (including phenoxy) is 1. The van der Waals surface area contributed by atoms with Crippen LogP contribution in [0.1, 0.15) is 19.3 Å². The molecule has 1 aromatic rings. The van der Waals surface area contributed by atoms with Gasteiger partial charge < -0.3 is 9.64 Å². The maximum atomic E-state index is 12.6. The van der Waals surface area contributed by atoms with Crippen LogP contribution in [0.2, 0.25) is 0 Å². The van der Waals surface area contributed by atoms with E-state index in [0.717, 1.165) is 12.8 Å². The second kappa shape index (κ2) is 5.76. The molecular formula is C13H20N4O3S. The SMILES string of the molecule is COc1ccnc(N2CCC(S(=O)(=O)N3CCCC3)C2)n1. The van der Waals surface area contributed by atoms with Crippen LogP contribution in [-0.2, 0) is 10.0 Å². The average molecular weight is 312 g/mol. The van der Waals surface area contributed by atoms with Gasteiger partial charge in [0.25, 0.3) is 0 Å². The summed E-state index contributed by atoms with van der Waals surface area (Å²) in [5, 5.41) is -0.356. The minimum Gasteiger partial charge on any atom is -0.481 e. The quantitative estimate of drug-likeness (QED) is 0.805. The lowest BCUT2D eigenvalue weighted by Gasteiger charge is -2.21. The van der Waals surface area contributed by atoms with E-state index >= 15 is 0 Å². The lowest BCUT2D eigenvalue weighted by atomic mass is 10.4. The Hall–Kier alpha value is -1.41. The predicted octanol–water partition coefficient (Wildman–Crippen LogP) is 0.489. The zero-order chi connectivity index (χ0) is 14.9. The van der Waals surface area contributed by atoms with Gasteiger partial charge in [0, 0.05) is 38.4 Å². The largest absolute Gasteiger partial charge is 0.481 e. The van der Waals surface area contributed by atoms with Crippen LogP contribution in [-0.4, -0.2) is 61.2 Å². The topological polar surface area (TPSA) is 75.6 Å². The van der Waals surface area contributed by atoms with E-state index in [1.165, 1.54) is 0 Å². The molecule has 0 saturated carbocycles. The Kier molecular flexibility index (Phi) is 3.99. The Morgan fingerprint density at radius 3 is 2.76 bits per heavy atom. The summed E-state index contributed by atoms with van der Waals surface area (Å²) in [6, 6.07) is 1.68. The number of rotatable bonds is 4. The fourth-order valence-electron chi connectivity index (χ4n) is 2.90. The van der Waals surface area contributed by atoms with Crippen molar-refractivity contribution >= 4 is 16.0 Å². The number of sulfonamides is 1. The third-order valence-corrected chi connectivity index (χ3v) is 6.41. The molecule has 0 amide bonds. The Bertz CT molecular complexity index is 601. The molecule has 7 nitrogen and oxygen atoms in total. The number of aromatic nitrogens is 2. The number of anilines is 1. The lowest BCUT2D eigenvalue weighted by Crippen LogP contribution is -2.38. The first-order chi connectivity index (χ1) is 10.1. The summed E-state index contributed by atoms with van der Waals surface area (Å²) in [4.78, 5) is 10.4. The van der Waals surface area contributed by atoms with Gasteiger partial charge in [-0.2, -0.15) is 4.98 Å². The van der Waals surface area contributed by atoms with Crippen LogP contribution in [0.4, 0.5) is 5.95 Å². The van der Waals surface area contributed by atoms with Gasteiger partial charge in [-0.15, -0.1) is 0 Å². The normalized spacial score (nSPS) is 23.7. The zero-order valence-electron chi connectivity index (χ0n) is 12.1. The summed E-state index contributed by atoms with van der Waals surface area (Å²) >= 11 is 0. The Morgan fingerprint density at radius 1 is 1.29 bits per heavy atom. The van der Waals surface area contributed by atoms with Crippen LogP contribution in [0.25, 0.3) is 0 Å². The maximum absolute atomic E-state index is 12.6. The van der Waals surface area contributed by atoms with E-state index in [0.29, 0.717) is 44.4 Å². The standard InChI is InChI=1S/C13H20N4O3S/c1-20-12-4-6-14-13(15-12)16-9-5-11(10-16)21(18,19)17-7-2-3-8-17/h4,6,11H,2-3,5,7-10H2,1H3. The molecule has 2 saturated heterocycles. The van der Waals surface area contributed by atoms with Gasteiger partial charge >= 0.3 is 0 Å². The van der Waals surface area contributed by atoms with E-state index in [9.17, 15) is 8.42 Å². The molecular weight excluding hydrogens is 292 g/mol. The minimum atomic E-state index is -3.19. The van der Waals surface area contributed by atoms with Crippen molar-refractivity contribution in [1.82, 2.24) is 14.3 Å². The van der Waals surface area contributed by atoms with Crippen molar-refractivity contribution in [3.05, 3.63) is 12.3 Å². The summed E-state index contributed by atoms with van der Waals surface area (Å²) in [6.07, 6.45) is 4.19. The molecule has 116 valence electrons. The average Bonchev–Trinajstić information content (AvgIpc) is 3.19. The van der Waals surface area contributed by atoms with Crippen molar-refractivity contribution in [1.29, 1.82) is 0 Å². The van der Waals surface area contributed by atoms with Gasteiger partial charge in [0.1, 0.15) is 0 Å². The first-order valence-corrected chi connectivity index (χ1v) is 8.72. The van der Waals surface area contributed by atoms with Gasteiger partial charge in [-0.05, 0) is 19.3 Å². The fourth-order valence-corrected chi connectivity index (χ4v) is 4.87. The highest BCUT2D eigenvalue weighted by atomic mass is 32.2. The summed E-state index contributed by atoms with van der Waals surface area (Å²) in [5.41, 5.74) is 0. The van der Waals surface area contributed by atoms with Crippen LogP contribution in [0.15, 0.2) is 12.3 Å². The zero-order valence-corrected chi connectivity index (χ0v) is 12.9. The highest BCUT2D eigenvalue weighted by Crippen LogP contribution is 2.26. The summed E-state index contributed by atoms with van der Waals surface area (Å²) in [5.74, 6) is 1.03. The van der Waals surface area contributed by atoms with E-state index in [-0.39, 0.29) is 5.25 Å². The molecule has 0 spiro atoms. The van der Waals surface area contributed by atoms with E-state index < -0.39 is 10.0 Å². The van der Waals surface area contributed by atoms with Crippen molar-refractivity contribution in [3.63, 3.8) is 0 Å². The molecule has 1 atom stereocenters. The third kappa shape index (κ3) is 2.82. The molecule has 2 aliphatic heterocycles. The highest BCUT2D eigenvalue weighted by molar-refractivity contribution is 7.89. The van der Waals surface area contributed by atoms with Gasteiger partial charge in [-0.1, -0.05) is 0 Å². The lowest BCUT2D eigenvalue weighted by molar-refractivity contribution is 0.397. The first-order valence-electron chi connectivity index (χ1n) is 7.22. The number of hydrogen-bond acceptors (Lipinski definition) is 6. The smallest absolute Gasteiger partial charge is 0.228 e. The van der Waals surface area contributed by atoms with Crippen molar-refractivity contribution in [2.75, 3.05) is 38.2 Å². The molecule has 21 heavy (non-hydrogen) atoms. The fraction of sp³-hybridized carbons (Fsp3) is 0.692. The summed E-state index contributed by atoms with van der Waals surface area (Å²) < 4.78 is 31.9. The molecule has 2 fully saturated rings. The molecule has 3 heterocycles. The molecule has 0 bridgehead atoms. The van der Waals surface area contributed by atoms with E-state index in [2.05, 4.69) is 9.97 Å². The predicted molar refractivity (Wildman–Crippen MR) is 78.9 cm³/mol. The summed E-state index contributed by atoms with van der Waals surface area (Å²) in [7, 11) is -1.64. The van der Waals surface area contributed by atoms with Gasteiger partial charge in [0.05, 0.1) is 12.4 Å². The van der Waals surface area contributed by atoms with Crippen molar-refractivity contribution in [2.24, 2.45) is 0 Å². The van der Waals surface area contributed by atoms with Crippen molar-refractivity contribution in [2.45, 2.75) is 24.5 Å². The molecule has 0 aromatic carbocycles. The van der Waals surface area contributed by atoms with Crippen LogP contribution in [0.3, 0.4) is 0 Å². The molecule has 0 radical (unpaired) electrons. The Morgan fingerprint density at radius 2 is 2.05 bits per heavy atom. The van der Waals surface area contributed by atoms with E-state index in [1.54, 1.807) is 23.7 Å². The highest BCUT2D eigenvalue weighted by Gasteiger charge is 2.38. The Balaban J connectivity index is 1.72. The monoisotopic (exact) mass is 312 g/mol.